The molecule has 1 unspecified atom stereocenters. The van der Waals surface area contributed by atoms with Gasteiger partial charge in [0.25, 0.3) is 0 Å². The second kappa shape index (κ2) is 5.29. The zero-order chi connectivity index (χ0) is 14.1. The summed E-state index contributed by atoms with van der Waals surface area (Å²) in [5, 5.41) is 13.4. The van der Waals surface area contributed by atoms with Crippen molar-refractivity contribution in [3.8, 4) is 0 Å². The van der Waals surface area contributed by atoms with Crippen molar-refractivity contribution in [1.82, 2.24) is 5.32 Å². The first-order valence-corrected chi connectivity index (χ1v) is 7.11. The summed E-state index contributed by atoms with van der Waals surface area (Å²) in [6.45, 7) is 3.61. The molecule has 0 aliphatic heterocycles. The molecular formula is C16H19NO3. The summed E-state index contributed by atoms with van der Waals surface area (Å²) in [4.78, 5) is 11.4. The van der Waals surface area contributed by atoms with Crippen LogP contribution in [0.4, 0.5) is 0 Å². The lowest BCUT2D eigenvalue weighted by molar-refractivity contribution is 0.0696. The second-order valence-electron chi connectivity index (χ2n) is 5.65. The molecule has 1 heterocycles. The molecule has 1 aromatic carbocycles. The molecule has 0 bridgehead atoms. The molecule has 1 fully saturated rings. The zero-order valence-electron chi connectivity index (χ0n) is 11.6. The predicted molar refractivity (Wildman–Crippen MR) is 76.8 cm³/mol. The third-order valence-electron chi connectivity index (χ3n) is 4.06. The van der Waals surface area contributed by atoms with E-state index in [0.717, 1.165) is 12.5 Å². The largest absolute Gasteiger partial charge is 0.478 e. The highest BCUT2D eigenvalue weighted by Crippen LogP contribution is 2.36. The van der Waals surface area contributed by atoms with Crippen molar-refractivity contribution in [3.63, 3.8) is 0 Å². The standard InChI is InChI=1S/C16H19NO3/c1-10(11-6-7-11)8-17-9-14-15(16(18)19)12-4-2-3-5-13(12)20-14/h2-5,10-11,17H,6-9H2,1H3,(H,18,19). The molecule has 106 valence electrons. The number of carboxylic acids is 1. The van der Waals surface area contributed by atoms with E-state index in [0.29, 0.717) is 29.2 Å². The summed E-state index contributed by atoms with van der Waals surface area (Å²) in [5.74, 6) is 1.08. The topological polar surface area (TPSA) is 62.5 Å². The van der Waals surface area contributed by atoms with Crippen molar-refractivity contribution in [2.75, 3.05) is 6.54 Å². The molecule has 4 nitrogen and oxygen atoms in total. The van der Waals surface area contributed by atoms with E-state index in [4.69, 9.17) is 4.42 Å². The zero-order valence-corrected chi connectivity index (χ0v) is 11.6. The second-order valence-corrected chi connectivity index (χ2v) is 5.65. The Kier molecular flexibility index (Phi) is 3.49. The van der Waals surface area contributed by atoms with E-state index in [1.54, 1.807) is 12.1 Å². The van der Waals surface area contributed by atoms with Crippen LogP contribution in [-0.4, -0.2) is 17.6 Å². The van der Waals surface area contributed by atoms with Crippen molar-refractivity contribution in [2.45, 2.75) is 26.3 Å². The maximum absolute atomic E-state index is 11.4. The van der Waals surface area contributed by atoms with Crippen LogP contribution in [0, 0.1) is 11.8 Å². The van der Waals surface area contributed by atoms with Gasteiger partial charge in [0.1, 0.15) is 16.9 Å². The van der Waals surface area contributed by atoms with E-state index < -0.39 is 5.97 Å². The number of aromatic carboxylic acids is 1. The SMILES string of the molecule is CC(CNCc1oc2ccccc2c1C(=O)O)C1CC1. The number of hydrogen-bond acceptors (Lipinski definition) is 3. The number of rotatable bonds is 6. The summed E-state index contributed by atoms with van der Waals surface area (Å²) < 4.78 is 5.68. The van der Waals surface area contributed by atoms with Crippen LogP contribution < -0.4 is 5.32 Å². The van der Waals surface area contributed by atoms with Gasteiger partial charge in [-0.2, -0.15) is 0 Å². The molecule has 1 aliphatic rings. The van der Waals surface area contributed by atoms with Gasteiger partial charge < -0.3 is 14.8 Å². The summed E-state index contributed by atoms with van der Waals surface area (Å²) in [7, 11) is 0. The first kappa shape index (κ1) is 13.2. The van der Waals surface area contributed by atoms with E-state index in [-0.39, 0.29) is 5.56 Å². The Bertz CT molecular complexity index is 628. The van der Waals surface area contributed by atoms with Crippen LogP contribution in [0.15, 0.2) is 28.7 Å². The van der Waals surface area contributed by atoms with Crippen LogP contribution in [0.1, 0.15) is 35.9 Å². The van der Waals surface area contributed by atoms with Gasteiger partial charge in [0, 0.05) is 5.39 Å². The van der Waals surface area contributed by atoms with E-state index >= 15 is 0 Å². The lowest BCUT2D eigenvalue weighted by atomic mass is 10.1. The quantitative estimate of drug-likeness (QED) is 0.848. The molecule has 1 aromatic heterocycles. The van der Waals surface area contributed by atoms with Gasteiger partial charge in [-0.3, -0.25) is 0 Å². The molecule has 0 spiro atoms. The van der Waals surface area contributed by atoms with Crippen LogP contribution in [-0.2, 0) is 6.54 Å². The number of para-hydroxylation sites is 1. The normalized spacial score (nSPS) is 16.4. The van der Waals surface area contributed by atoms with E-state index in [1.807, 2.05) is 12.1 Å². The van der Waals surface area contributed by atoms with Crippen molar-refractivity contribution >= 4 is 16.9 Å². The molecule has 20 heavy (non-hydrogen) atoms. The van der Waals surface area contributed by atoms with Crippen LogP contribution in [0.3, 0.4) is 0 Å². The molecule has 0 amide bonds. The van der Waals surface area contributed by atoms with Gasteiger partial charge in [0.05, 0.1) is 6.54 Å². The maximum Gasteiger partial charge on any atom is 0.339 e. The highest BCUT2D eigenvalue weighted by atomic mass is 16.4. The molecule has 3 rings (SSSR count). The molecule has 0 saturated heterocycles. The minimum Gasteiger partial charge on any atom is -0.478 e. The van der Waals surface area contributed by atoms with Gasteiger partial charge in [-0.15, -0.1) is 0 Å². The predicted octanol–water partition coefficient (Wildman–Crippen LogP) is 3.27. The first-order chi connectivity index (χ1) is 9.66. The minimum atomic E-state index is -0.929. The Morgan fingerprint density at radius 1 is 1.45 bits per heavy atom. The Hall–Kier alpha value is -1.81. The van der Waals surface area contributed by atoms with E-state index in [1.165, 1.54) is 12.8 Å². The summed E-state index contributed by atoms with van der Waals surface area (Å²) >= 11 is 0. The number of carbonyl (C=O) groups is 1. The molecule has 0 radical (unpaired) electrons. The maximum atomic E-state index is 11.4. The minimum absolute atomic E-state index is 0.284. The van der Waals surface area contributed by atoms with Gasteiger partial charge in [0.2, 0.25) is 0 Å². The third-order valence-corrected chi connectivity index (χ3v) is 4.06. The van der Waals surface area contributed by atoms with Crippen LogP contribution in [0.25, 0.3) is 11.0 Å². The number of benzene rings is 1. The Labute approximate surface area is 117 Å². The van der Waals surface area contributed by atoms with Crippen molar-refractivity contribution < 1.29 is 14.3 Å². The lowest BCUT2D eigenvalue weighted by Crippen LogP contribution is -2.22. The fourth-order valence-electron chi connectivity index (χ4n) is 2.70. The average Bonchev–Trinajstić information content (AvgIpc) is 3.19. The Morgan fingerprint density at radius 3 is 2.90 bits per heavy atom. The monoisotopic (exact) mass is 273 g/mol. The first-order valence-electron chi connectivity index (χ1n) is 7.11. The third kappa shape index (κ3) is 2.56. The number of fused-ring (bicyclic) bond motifs is 1. The summed E-state index contributed by atoms with van der Waals surface area (Å²) in [5.41, 5.74) is 0.920. The van der Waals surface area contributed by atoms with Gasteiger partial charge >= 0.3 is 5.97 Å². The van der Waals surface area contributed by atoms with Crippen LogP contribution in [0.2, 0.25) is 0 Å². The fraction of sp³-hybridized carbons (Fsp3) is 0.438. The van der Waals surface area contributed by atoms with Gasteiger partial charge in [0.15, 0.2) is 0 Å². The molecule has 1 saturated carbocycles. The molecule has 1 atom stereocenters. The highest BCUT2D eigenvalue weighted by Gasteiger charge is 2.27. The van der Waals surface area contributed by atoms with Gasteiger partial charge in [-0.1, -0.05) is 25.1 Å². The summed E-state index contributed by atoms with van der Waals surface area (Å²) in [6.07, 6.45) is 2.65. The molecular weight excluding hydrogens is 254 g/mol. The number of carboxylic acid groups (broad SMARTS) is 1. The molecule has 1 aliphatic carbocycles. The van der Waals surface area contributed by atoms with Crippen molar-refractivity contribution in [2.24, 2.45) is 11.8 Å². The van der Waals surface area contributed by atoms with Gasteiger partial charge in [-0.25, -0.2) is 4.79 Å². The molecule has 4 heteroatoms. The number of furan rings is 1. The van der Waals surface area contributed by atoms with Gasteiger partial charge in [-0.05, 0) is 37.3 Å². The fourth-order valence-corrected chi connectivity index (χ4v) is 2.70. The smallest absolute Gasteiger partial charge is 0.339 e. The number of nitrogens with one attached hydrogen (secondary N) is 1. The Balaban J connectivity index is 1.76. The summed E-state index contributed by atoms with van der Waals surface area (Å²) in [6, 6.07) is 7.28. The highest BCUT2D eigenvalue weighted by molar-refractivity contribution is 6.03. The number of hydrogen-bond donors (Lipinski definition) is 2. The average molecular weight is 273 g/mol. The van der Waals surface area contributed by atoms with Crippen molar-refractivity contribution in [3.05, 3.63) is 35.6 Å². The molecule has 2 N–H and O–H groups in total. The Morgan fingerprint density at radius 2 is 2.20 bits per heavy atom. The van der Waals surface area contributed by atoms with E-state index in [9.17, 15) is 9.90 Å². The van der Waals surface area contributed by atoms with Crippen molar-refractivity contribution in [1.29, 1.82) is 0 Å². The van der Waals surface area contributed by atoms with Crippen LogP contribution >= 0.6 is 0 Å². The van der Waals surface area contributed by atoms with Crippen LogP contribution in [0.5, 0.6) is 0 Å². The van der Waals surface area contributed by atoms with E-state index in [2.05, 4.69) is 12.2 Å². The lowest BCUT2D eigenvalue weighted by Gasteiger charge is -2.10. The molecule has 2 aromatic rings.